The maximum atomic E-state index is 12.8. The number of Topliss-reactive ketones (excluding diaryl/α,β-unsaturated/α-hetero) is 1. The molecule has 30 heavy (non-hydrogen) atoms. The minimum Gasteiger partial charge on any atom is -0.478 e. The molecule has 1 fully saturated rings. The molecule has 2 heterocycles. The number of para-hydroxylation sites is 1. The molecule has 6 nitrogen and oxygen atoms in total. The number of benzene rings is 2. The number of amides is 1. The number of aliphatic hydroxyl groups is 2. The van der Waals surface area contributed by atoms with Crippen molar-refractivity contribution in [2.24, 2.45) is 5.41 Å². The first-order chi connectivity index (χ1) is 14.4. The van der Waals surface area contributed by atoms with Gasteiger partial charge in [0.25, 0.3) is 5.91 Å². The number of β-lactam (4-membered cyclic amide) rings is 1. The van der Waals surface area contributed by atoms with Gasteiger partial charge in [-0.3, -0.25) is 9.59 Å². The van der Waals surface area contributed by atoms with Crippen molar-refractivity contribution in [2.75, 3.05) is 6.54 Å². The molecular weight excluding hydrogens is 382 g/mol. The topological polar surface area (TPSA) is 87.1 Å². The molecule has 1 amide bonds. The van der Waals surface area contributed by atoms with Crippen LogP contribution < -0.4 is 4.74 Å². The standard InChI is InChI=1S/C24H25NO5/c1-16(26)24(15-19(27)17-9-4-2-5-10-17)13-8-14-25-20(22(24)28)21(23(25)29)30-18-11-6-3-7-12-18/h2-13,19-22,27-28H,14-15H2,1H3/t19?,20-,21-,22+,24-/m1/s1. The first-order valence-electron chi connectivity index (χ1n) is 10.1. The Kier molecular flexibility index (Phi) is 5.45. The molecule has 4 rings (SSSR count). The van der Waals surface area contributed by atoms with Gasteiger partial charge in [-0.05, 0) is 31.0 Å². The number of rotatable bonds is 6. The third-order valence-corrected chi connectivity index (χ3v) is 6.14. The summed E-state index contributed by atoms with van der Waals surface area (Å²) in [6.45, 7) is 1.69. The number of hydrogen-bond donors (Lipinski definition) is 2. The van der Waals surface area contributed by atoms with Crippen molar-refractivity contribution in [1.29, 1.82) is 0 Å². The van der Waals surface area contributed by atoms with E-state index in [4.69, 9.17) is 4.74 Å². The average Bonchev–Trinajstić information content (AvgIpc) is 2.89. The van der Waals surface area contributed by atoms with Crippen LogP contribution in [0.1, 0.15) is 25.0 Å². The second kappa shape index (κ2) is 8.05. The van der Waals surface area contributed by atoms with Crippen LogP contribution in [0.4, 0.5) is 0 Å². The monoisotopic (exact) mass is 407 g/mol. The predicted octanol–water partition coefficient (Wildman–Crippen LogP) is 2.27. The molecule has 6 heteroatoms. The molecule has 0 spiro atoms. The van der Waals surface area contributed by atoms with E-state index < -0.39 is 29.8 Å². The minimum atomic E-state index is -1.33. The van der Waals surface area contributed by atoms with Gasteiger partial charge >= 0.3 is 0 Å². The Labute approximate surface area is 175 Å². The molecule has 2 aliphatic heterocycles. The van der Waals surface area contributed by atoms with Crippen LogP contribution in [0.3, 0.4) is 0 Å². The zero-order valence-electron chi connectivity index (χ0n) is 16.7. The van der Waals surface area contributed by atoms with E-state index in [0.29, 0.717) is 11.3 Å². The number of carbonyl (C=O) groups excluding carboxylic acids is 2. The average molecular weight is 407 g/mol. The molecule has 0 bridgehead atoms. The van der Waals surface area contributed by atoms with Crippen LogP contribution >= 0.6 is 0 Å². The Morgan fingerprint density at radius 2 is 1.80 bits per heavy atom. The van der Waals surface area contributed by atoms with Gasteiger partial charge in [0.2, 0.25) is 0 Å². The van der Waals surface area contributed by atoms with Gasteiger partial charge in [0.05, 0.1) is 17.6 Å². The predicted molar refractivity (Wildman–Crippen MR) is 111 cm³/mol. The molecule has 0 aliphatic carbocycles. The Bertz CT molecular complexity index is 945. The third-order valence-electron chi connectivity index (χ3n) is 6.14. The summed E-state index contributed by atoms with van der Waals surface area (Å²) in [6, 6.07) is 17.3. The van der Waals surface area contributed by atoms with E-state index in [1.165, 1.54) is 11.8 Å². The third kappa shape index (κ3) is 3.42. The molecule has 156 valence electrons. The summed E-state index contributed by atoms with van der Waals surface area (Å²) in [5.41, 5.74) is -0.658. The van der Waals surface area contributed by atoms with Gasteiger partial charge in [-0.25, -0.2) is 0 Å². The van der Waals surface area contributed by atoms with Gasteiger partial charge in [0, 0.05) is 6.54 Å². The van der Waals surface area contributed by atoms with Crippen LogP contribution in [-0.2, 0) is 9.59 Å². The van der Waals surface area contributed by atoms with E-state index in [1.54, 1.807) is 48.6 Å². The lowest BCUT2D eigenvalue weighted by Gasteiger charge is -2.50. The minimum absolute atomic E-state index is 0.0145. The maximum absolute atomic E-state index is 12.8. The number of aliphatic hydroxyl groups excluding tert-OH is 2. The number of ether oxygens (including phenoxy) is 1. The fraction of sp³-hybridized carbons (Fsp3) is 0.333. The van der Waals surface area contributed by atoms with Crippen LogP contribution in [0.25, 0.3) is 0 Å². The van der Waals surface area contributed by atoms with E-state index in [0.717, 1.165) is 0 Å². The van der Waals surface area contributed by atoms with Crippen molar-refractivity contribution >= 4 is 11.7 Å². The number of ketones is 1. The Balaban J connectivity index is 1.63. The number of nitrogens with zero attached hydrogens (tertiary/aromatic N) is 1. The summed E-state index contributed by atoms with van der Waals surface area (Å²) in [4.78, 5) is 27.0. The highest BCUT2D eigenvalue weighted by atomic mass is 16.5. The van der Waals surface area contributed by atoms with Crippen LogP contribution in [0.2, 0.25) is 0 Å². The van der Waals surface area contributed by atoms with Crippen molar-refractivity contribution in [3.63, 3.8) is 0 Å². The highest BCUT2D eigenvalue weighted by Crippen LogP contribution is 2.44. The van der Waals surface area contributed by atoms with Crippen LogP contribution in [0.5, 0.6) is 5.75 Å². The molecule has 2 aromatic carbocycles. The summed E-state index contributed by atoms with van der Waals surface area (Å²) in [5, 5.41) is 22.2. The molecule has 1 unspecified atom stereocenters. The van der Waals surface area contributed by atoms with Crippen molar-refractivity contribution < 1.29 is 24.5 Å². The first kappa shape index (κ1) is 20.3. The van der Waals surface area contributed by atoms with Gasteiger partial charge in [-0.2, -0.15) is 0 Å². The quantitative estimate of drug-likeness (QED) is 0.567. The summed E-state index contributed by atoms with van der Waals surface area (Å²) in [6.07, 6.45) is 0.357. The molecule has 2 aromatic rings. The molecule has 5 atom stereocenters. The summed E-state index contributed by atoms with van der Waals surface area (Å²) >= 11 is 0. The first-order valence-corrected chi connectivity index (χ1v) is 10.1. The molecular formula is C24H25NO5. The summed E-state index contributed by atoms with van der Waals surface area (Å²) in [5.74, 6) is 0.0362. The second-order valence-corrected chi connectivity index (χ2v) is 7.91. The molecule has 2 aliphatic rings. The van der Waals surface area contributed by atoms with Gasteiger partial charge in [0.15, 0.2) is 6.10 Å². The van der Waals surface area contributed by atoms with Crippen molar-refractivity contribution in [3.8, 4) is 5.75 Å². The fourth-order valence-corrected chi connectivity index (χ4v) is 4.40. The zero-order chi connectivity index (χ0) is 21.3. The SMILES string of the molecule is CC(=O)[C@]1(CC(O)c2ccccc2)C=CCN2C(=O)[C@H](Oc3ccccc3)[C@@H]2[C@@H]1O. The van der Waals surface area contributed by atoms with E-state index >= 15 is 0 Å². The lowest BCUT2D eigenvalue weighted by atomic mass is 9.69. The van der Waals surface area contributed by atoms with Crippen LogP contribution in [0, 0.1) is 5.41 Å². The Hall–Kier alpha value is -2.96. The van der Waals surface area contributed by atoms with Gasteiger partial charge in [-0.15, -0.1) is 0 Å². The summed E-state index contributed by atoms with van der Waals surface area (Å²) in [7, 11) is 0. The number of carbonyl (C=O) groups is 2. The fourth-order valence-electron chi connectivity index (χ4n) is 4.40. The van der Waals surface area contributed by atoms with Crippen molar-refractivity contribution in [2.45, 2.75) is 37.7 Å². The molecule has 2 N–H and O–H groups in total. The van der Waals surface area contributed by atoms with Gasteiger partial charge in [-0.1, -0.05) is 60.7 Å². The second-order valence-electron chi connectivity index (χ2n) is 7.91. The van der Waals surface area contributed by atoms with E-state index in [-0.39, 0.29) is 24.7 Å². The van der Waals surface area contributed by atoms with Gasteiger partial charge in [0.1, 0.15) is 17.6 Å². The zero-order valence-corrected chi connectivity index (χ0v) is 16.7. The molecule has 1 saturated heterocycles. The van der Waals surface area contributed by atoms with Crippen LogP contribution in [-0.4, -0.2) is 51.6 Å². The summed E-state index contributed by atoms with van der Waals surface area (Å²) < 4.78 is 5.87. The van der Waals surface area contributed by atoms with E-state index in [9.17, 15) is 19.8 Å². The number of hydrogen-bond acceptors (Lipinski definition) is 5. The lowest BCUT2D eigenvalue weighted by molar-refractivity contribution is -0.179. The Morgan fingerprint density at radius 3 is 2.43 bits per heavy atom. The van der Waals surface area contributed by atoms with Gasteiger partial charge < -0.3 is 19.8 Å². The van der Waals surface area contributed by atoms with Crippen molar-refractivity contribution in [1.82, 2.24) is 4.90 Å². The Morgan fingerprint density at radius 1 is 1.17 bits per heavy atom. The van der Waals surface area contributed by atoms with E-state index in [1.807, 2.05) is 24.3 Å². The number of fused-ring (bicyclic) bond motifs is 1. The molecule has 0 aromatic heterocycles. The normalized spacial score (nSPS) is 28.8. The molecule has 0 radical (unpaired) electrons. The van der Waals surface area contributed by atoms with E-state index in [2.05, 4.69) is 0 Å². The highest BCUT2D eigenvalue weighted by molar-refractivity contribution is 5.91. The smallest absolute Gasteiger partial charge is 0.266 e. The molecule has 0 saturated carbocycles. The highest BCUT2D eigenvalue weighted by Gasteiger charge is 2.59. The lowest BCUT2D eigenvalue weighted by Crippen LogP contribution is -2.72. The maximum Gasteiger partial charge on any atom is 0.266 e. The largest absolute Gasteiger partial charge is 0.478 e. The van der Waals surface area contributed by atoms with Crippen molar-refractivity contribution in [3.05, 3.63) is 78.4 Å². The van der Waals surface area contributed by atoms with Crippen LogP contribution in [0.15, 0.2) is 72.8 Å².